The molecule has 1 rings (SSSR count). The minimum absolute atomic E-state index is 0.444. The van der Waals surface area contributed by atoms with Gasteiger partial charge in [0, 0.05) is 5.69 Å². The third-order valence-electron chi connectivity index (χ3n) is 1.09. The molecule has 1 aromatic rings. The molecule has 0 atom stereocenters. The van der Waals surface area contributed by atoms with Crippen molar-refractivity contribution in [3.63, 3.8) is 0 Å². The van der Waals surface area contributed by atoms with Crippen molar-refractivity contribution in [2.75, 3.05) is 0 Å². The topological polar surface area (TPSA) is 36.7 Å². The van der Waals surface area contributed by atoms with Crippen LogP contribution in [0.5, 0.6) is 0 Å². The molecule has 0 radical (unpaired) electrons. The number of nitriles is 1. The fraction of sp³-hybridized carbons (Fsp3) is 0.143. The summed E-state index contributed by atoms with van der Waals surface area (Å²) in [5, 5.41) is 8.50. The zero-order valence-electron chi connectivity index (χ0n) is 5.43. The summed E-state index contributed by atoms with van der Waals surface area (Å²) >= 11 is 3.21. The van der Waals surface area contributed by atoms with Crippen LogP contribution in [0.25, 0.3) is 0 Å². The molecule has 0 aliphatic rings. The Kier molecular flexibility index (Phi) is 2.03. The predicted molar refractivity (Wildman–Crippen MR) is 41.4 cm³/mol. The average molecular weight is 197 g/mol. The molecule has 10 heavy (non-hydrogen) atoms. The molecule has 0 N–H and O–H groups in total. The highest BCUT2D eigenvalue weighted by Gasteiger charge is 1.97. The smallest absolute Gasteiger partial charge is 0.154 e. The van der Waals surface area contributed by atoms with Gasteiger partial charge in [0.15, 0.2) is 5.69 Å². The van der Waals surface area contributed by atoms with Gasteiger partial charge in [-0.1, -0.05) is 0 Å². The van der Waals surface area contributed by atoms with E-state index in [1.165, 1.54) is 0 Å². The summed E-state index contributed by atoms with van der Waals surface area (Å²) in [6.07, 6.45) is 0. The van der Waals surface area contributed by atoms with Gasteiger partial charge in [-0.2, -0.15) is 5.26 Å². The van der Waals surface area contributed by atoms with Gasteiger partial charge in [0.25, 0.3) is 0 Å². The van der Waals surface area contributed by atoms with Crippen LogP contribution in [0, 0.1) is 18.3 Å². The largest absolute Gasteiger partial charge is 0.241 e. The molecule has 0 spiro atoms. The first-order chi connectivity index (χ1) is 4.74. The Balaban J connectivity index is 3.25. The second-order valence-electron chi connectivity index (χ2n) is 1.89. The van der Waals surface area contributed by atoms with Crippen molar-refractivity contribution >= 4 is 15.9 Å². The van der Waals surface area contributed by atoms with E-state index in [4.69, 9.17) is 5.26 Å². The van der Waals surface area contributed by atoms with Crippen molar-refractivity contribution in [3.05, 3.63) is 28.0 Å². The van der Waals surface area contributed by atoms with Gasteiger partial charge in [0.05, 0.1) is 4.47 Å². The minimum Gasteiger partial charge on any atom is -0.241 e. The zero-order valence-corrected chi connectivity index (χ0v) is 7.01. The Hall–Kier alpha value is -0.880. The van der Waals surface area contributed by atoms with Crippen molar-refractivity contribution in [3.8, 4) is 6.07 Å². The van der Waals surface area contributed by atoms with E-state index in [2.05, 4.69) is 20.9 Å². The summed E-state index contributed by atoms with van der Waals surface area (Å²) < 4.78 is 0.751. The molecule has 0 aromatic carbocycles. The Morgan fingerprint density at radius 3 is 2.80 bits per heavy atom. The lowest BCUT2D eigenvalue weighted by Gasteiger charge is -1.93. The SMILES string of the molecule is Cc1ccc(Br)c(C#N)n1. The molecule has 1 aromatic heterocycles. The van der Waals surface area contributed by atoms with Crippen molar-refractivity contribution in [1.82, 2.24) is 4.98 Å². The molecular formula is C7H5BrN2. The zero-order chi connectivity index (χ0) is 7.56. The number of pyridine rings is 1. The van der Waals surface area contributed by atoms with E-state index in [0.29, 0.717) is 5.69 Å². The molecule has 0 aliphatic heterocycles. The predicted octanol–water partition coefficient (Wildman–Crippen LogP) is 2.02. The van der Waals surface area contributed by atoms with Crippen molar-refractivity contribution < 1.29 is 0 Å². The molecule has 3 heteroatoms. The number of aryl methyl sites for hydroxylation is 1. The summed E-state index contributed by atoms with van der Waals surface area (Å²) in [6.45, 7) is 1.85. The maximum absolute atomic E-state index is 8.50. The van der Waals surface area contributed by atoms with E-state index in [-0.39, 0.29) is 0 Å². The highest BCUT2D eigenvalue weighted by Crippen LogP contribution is 2.12. The van der Waals surface area contributed by atoms with Crippen molar-refractivity contribution in [1.29, 1.82) is 5.26 Å². The Morgan fingerprint density at radius 2 is 2.30 bits per heavy atom. The molecule has 1 heterocycles. The maximum atomic E-state index is 8.50. The summed E-state index contributed by atoms with van der Waals surface area (Å²) in [7, 11) is 0. The molecule has 0 saturated heterocycles. The molecule has 0 aliphatic carbocycles. The number of aromatic nitrogens is 1. The molecule has 0 bridgehead atoms. The number of rotatable bonds is 0. The fourth-order valence-electron chi connectivity index (χ4n) is 0.618. The van der Waals surface area contributed by atoms with E-state index in [9.17, 15) is 0 Å². The third-order valence-corrected chi connectivity index (χ3v) is 1.73. The van der Waals surface area contributed by atoms with Crippen molar-refractivity contribution in [2.24, 2.45) is 0 Å². The monoisotopic (exact) mass is 196 g/mol. The molecule has 2 nitrogen and oxygen atoms in total. The molecule has 50 valence electrons. The second kappa shape index (κ2) is 2.80. The quantitative estimate of drug-likeness (QED) is 0.637. The normalized spacial score (nSPS) is 8.90. The van der Waals surface area contributed by atoms with Crippen LogP contribution in [0.3, 0.4) is 0 Å². The highest BCUT2D eigenvalue weighted by molar-refractivity contribution is 9.10. The highest BCUT2D eigenvalue weighted by atomic mass is 79.9. The van der Waals surface area contributed by atoms with Gasteiger partial charge in [0.1, 0.15) is 6.07 Å². The third kappa shape index (κ3) is 1.34. The molecular weight excluding hydrogens is 192 g/mol. The first-order valence-corrected chi connectivity index (χ1v) is 3.56. The van der Waals surface area contributed by atoms with Crippen LogP contribution in [0.4, 0.5) is 0 Å². The van der Waals surface area contributed by atoms with E-state index in [0.717, 1.165) is 10.2 Å². The molecule has 0 saturated carbocycles. The van der Waals surface area contributed by atoms with E-state index in [1.54, 1.807) is 0 Å². The van der Waals surface area contributed by atoms with Gasteiger partial charge in [-0.25, -0.2) is 4.98 Å². The Labute approximate surface area is 67.6 Å². The van der Waals surface area contributed by atoms with Gasteiger partial charge < -0.3 is 0 Å². The van der Waals surface area contributed by atoms with Crippen LogP contribution in [0.2, 0.25) is 0 Å². The standard InChI is InChI=1S/C7H5BrN2/c1-5-2-3-6(8)7(4-9)10-5/h2-3H,1H3. The van der Waals surface area contributed by atoms with Crippen LogP contribution >= 0.6 is 15.9 Å². The van der Waals surface area contributed by atoms with Crippen LogP contribution in [0.1, 0.15) is 11.4 Å². The van der Waals surface area contributed by atoms with Gasteiger partial charge in [0.2, 0.25) is 0 Å². The summed E-state index contributed by atoms with van der Waals surface area (Å²) in [4.78, 5) is 3.98. The van der Waals surface area contributed by atoms with Gasteiger partial charge in [-0.3, -0.25) is 0 Å². The Morgan fingerprint density at radius 1 is 1.60 bits per heavy atom. The van der Waals surface area contributed by atoms with Crippen LogP contribution in [-0.2, 0) is 0 Å². The first-order valence-electron chi connectivity index (χ1n) is 2.77. The number of halogens is 1. The van der Waals surface area contributed by atoms with Crippen LogP contribution < -0.4 is 0 Å². The molecule has 0 unspecified atom stereocenters. The van der Waals surface area contributed by atoms with Gasteiger partial charge in [-0.05, 0) is 35.0 Å². The average Bonchev–Trinajstić information content (AvgIpc) is 1.94. The summed E-state index contributed by atoms with van der Waals surface area (Å²) in [5.74, 6) is 0. The van der Waals surface area contributed by atoms with E-state index in [1.807, 2.05) is 25.1 Å². The molecule has 0 fully saturated rings. The van der Waals surface area contributed by atoms with E-state index >= 15 is 0 Å². The molecule has 0 amide bonds. The van der Waals surface area contributed by atoms with Crippen LogP contribution in [-0.4, -0.2) is 4.98 Å². The lowest BCUT2D eigenvalue weighted by Crippen LogP contribution is -1.86. The number of hydrogen-bond donors (Lipinski definition) is 0. The van der Waals surface area contributed by atoms with Gasteiger partial charge in [-0.15, -0.1) is 0 Å². The van der Waals surface area contributed by atoms with Crippen LogP contribution in [0.15, 0.2) is 16.6 Å². The summed E-state index contributed by atoms with van der Waals surface area (Å²) in [6, 6.07) is 5.65. The lowest BCUT2D eigenvalue weighted by atomic mass is 10.3. The fourth-order valence-corrected chi connectivity index (χ4v) is 0.928. The minimum atomic E-state index is 0.444. The van der Waals surface area contributed by atoms with Crippen molar-refractivity contribution in [2.45, 2.75) is 6.92 Å². The number of nitrogens with zero attached hydrogens (tertiary/aromatic N) is 2. The first kappa shape index (κ1) is 7.23. The van der Waals surface area contributed by atoms with Gasteiger partial charge >= 0.3 is 0 Å². The summed E-state index contributed by atoms with van der Waals surface area (Å²) in [5.41, 5.74) is 1.31. The van der Waals surface area contributed by atoms with E-state index < -0.39 is 0 Å². The Bertz CT molecular complexity index is 288. The maximum Gasteiger partial charge on any atom is 0.154 e. The second-order valence-corrected chi connectivity index (χ2v) is 2.75. The number of hydrogen-bond acceptors (Lipinski definition) is 2. The lowest BCUT2D eigenvalue weighted by molar-refractivity contribution is 1.15.